The first-order chi connectivity index (χ1) is 6.04. The van der Waals surface area contributed by atoms with Crippen molar-refractivity contribution in [2.75, 3.05) is 13.2 Å². The summed E-state index contributed by atoms with van der Waals surface area (Å²) in [5.74, 6) is -0.447. The maximum atomic E-state index is 11.0. The highest BCUT2D eigenvalue weighted by Crippen LogP contribution is 2.18. The molecular weight excluding hydrogens is 174 g/mol. The van der Waals surface area contributed by atoms with Crippen LogP contribution in [0, 0.1) is 5.92 Å². The van der Waals surface area contributed by atoms with Crippen LogP contribution < -0.4 is 0 Å². The van der Waals surface area contributed by atoms with Crippen LogP contribution in [-0.4, -0.2) is 41.3 Å². The molecule has 0 spiro atoms. The number of carbonyl (C=O) groups excluding carboxylic acids is 1. The van der Waals surface area contributed by atoms with Crippen molar-refractivity contribution in [2.45, 2.75) is 20.1 Å². The lowest BCUT2D eigenvalue weighted by molar-refractivity contribution is -0.126. The third-order valence-electron chi connectivity index (χ3n) is 2.24. The fraction of sp³-hybridized carbons (Fsp3) is 0.750. The molecule has 1 amide bonds. The van der Waals surface area contributed by atoms with E-state index in [1.54, 1.807) is 6.92 Å². The van der Waals surface area contributed by atoms with Crippen LogP contribution >= 0.6 is 0 Å². The molecule has 0 radical (unpaired) electrons. The summed E-state index contributed by atoms with van der Waals surface area (Å²) in [6.45, 7) is 3.83. The lowest BCUT2D eigenvalue weighted by Crippen LogP contribution is -2.41. The van der Waals surface area contributed by atoms with Gasteiger partial charge in [-0.05, 0) is 6.92 Å². The Balaban J connectivity index is 2.68. The zero-order chi connectivity index (χ0) is 10.0. The molecule has 74 valence electrons. The van der Waals surface area contributed by atoms with Crippen LogP contribution in [0.3, 0.4) is 0 Å². The van der Waals surface area contributed by atoms with Crippen LogP contribution in [0.25, 0.3) is 0 Å². The molecule has 1 aliphatic rings. The van der Waals surface area contributed by atoms with E-state index in [0.717, 1.165) is 4.90 Å². The van der Waals surface area contributed by atoms with Gasteiger partial charge in [-0.15, -0.1) is 0 Å². The lowest BCUT2D eigenvalue weighted by Gasteiger charge is -2.23. The number of ether oxygens (including phenoxy) is 1. The van der Waals surface area contributed by atoms with E-state index in [-0.39, 0.29) is 5.78 Å². The minimum atomic E-state index is -1.03. The van der Waals surface area contributed by atoms with Crippen LogP contribution in [0.5, 0.6) is 0 Å². The van der Waals surface area contributed by atoms with E-state index in [1.807, 2.05) is 0 Å². The van der Waals surface area contributed by atoms with Crippen molar-refractivity contribution in [3.8, 4) is 0 Å². The highest BCUT2D eigenvalue weighted by molar-refractivity contribution is 5.79. The topological polar surface area (TPSA) is 66.8 Å². The number of hydrogen-bond donors (Lipinski definition) is 1. The molecule has 0 saturated carbocycles. The number of amides is 1. The number of carbonyl (C=O) groups is 2. The minimum Gasteiger partial charge on any atom is -0.465 e. The molecule has 0 bridgehead atoms. The van der Waals surface area contributed by atoms with Crippen molar-refractivity contribution >= 4 is 11.9 Å². The quantitative estimate of drug-likeness (QED) is 0.685. The molecule has 1 N–H and O–H groups in total. The first-order valence-corrected chi connectivity index (χ1v) is 4.15. The molecule has 1 heterocycles. The van der Waals surface area contributed by atoms with Crippen molar-refractivity contribution in [1.29, 1.82) is 0 Å². The van der Waals surface area contributed by atoms with Crippen molar-refractivity contribution in [3.05, 3.63) is 0 Å². The fourth-order valence-electron chi connectivity index (χ4n) is 1.31. The molecule has 0 aromatic rings. The summed E-state index contributed by atoms with van der Waals surface area (Å²) in [6.07, 6.45) is -1.63. The Hall–Kier alpha value is -1.10. The molecule has 1 fully saturated rings. The van der Waals surface area contributed by atoms with Gasteiger partial charge < -0.3 is 9.84 Å². The summed E-state index contributed by atoms with van der Waals surface area (Å²) in [6, 6.07) is 0. The largest absolute Gasteiger partial charge is 0.465 e. The molecule has 1 saturated heterocycles. The Kier molecular flexibility index (Phi) is 2.87. The van der Waals surface area contributed by atoms with Crippen molar-refractivity contribution in [1.82, 2.24) is 4.90 Å². The second-order valence-electron chi connectivity index (χ2n) is 3.14. The van der Waals surface area contributed by atoms with Crippen LogP contribution in [0.2, 0.25) is 0 Å². The molecule has 2 atom stereocenters. The SMILES string of the molecule is CC(=O)C(C)C1OCCN1C(=O)O. The molecule has 0 aromatic heterocycles. The molecular formula is C8H13NO4. The van der Waals surface area contributed by atoms with Crippen molar-refractivity contribution in [2.24, 2.45) is 5.92 Å². The number of rotatable bonds is 2. The predicted molar refractivity (Wildman–Crippen MR) is 44.3 cm³/mol. The molecule has 5 nitrogen and oxygen atoms in total. The first kappa shape index (κ1) is 9.98. The first-order valence-electron chi connectivity index (χ1n) is 4.15. The van der Waals surface area contributed by atoms with E-state index in [0.29, 0.717) is 13.2 Å². The van der Waals surface area contributed by atoms with Gasteiger partial charge in [-0.2, -0.15) is 0 Å². The molecule has 5 heteroatoms. The van der Waals surface area contributed by atoms with E-state index in [1.165, 1.54) is 6.92 Å². The van der Waals surface area contributed by atoms with Crippen LogP contribution in [0.15, 0.2) is 0 Å². The molecule has 1 aliphatic heterocycles. The highest BCUT2D eigenvalue weighted by Gasteiger charge is 2.35. The van der Waals surface area contributed by atoms with Gasteiger partial charge >= 0.3 is 6.09 Å². The third-order valence-corrected chi connectivity index (χ3v) is 2.24. The Bertz CT molecular complexity index is 228. The van der Waals surface area contributed by atoms with E-state index in [4.69, 9.17) is 9.84 Å². The average Bonchev–Trinajstić information content (AvgIpc) is 2.50. The minimum absolute atomic E-state index is 0.0573. The second-order valence-corrected chi connectivity index (χ2v) is 3.14. The zero-order valence-electron chi connectivity index (χ0n) is 7.69. The molecule has 0 aromatic carbocycles. The summed E-state index contributed by atoms with van der Waals surface area (Å²) in [4.78, 5) is 22.8. The Morgan fingerprint density at radius 3 is 2.69 bits per heavy atom. The normalized spacial score (nSPS) is 24.5. The smallest absolute Gasteiger partial charge is 0.409 e. The highest BCUT2D eigenvalue weighted by atomic mass is 16.5. The summed E-state index contributed by atoms with van der Waals surface area (Å²) in [5.41, 5.74) is 0. The van der Waals surface area contributed by atoms with Gasteiger partial charge in [-0.1, -0.05) is 6.92 Å². The third kappa shape index (κ3) is 1.98. The van der Waals surface area contributed by atoms with Gasteiger partial charge in [0.15, 0.2) is 0 Å². The van der Waals surface area contributed by atoms with Gasteiger partial charge in [0.25, 0.3) is 0 Å². The van der Waals surface area contributed by atoms with E-state index < -0.39 is 18.2 Å². The summed E-state index contributed by atoms with van der Waals surface area (Å²) in [5, 5.41) is 8.75. The van der Waals surface area contributed by atoms with Gasteiger partial charge in [0, 0.05) is 0 Å². The second kappa shape index (κ2) is 3.74. The number of Topliss-reactive ketones (excluding diaryl/α,β-unsaturated/α-hetero) is 1. The number of nitrogens with zero attached hydrogens (tertiary/aromatic N) is 1. The van der Waals surface area contributed by atoms with Gasteiger partial charge in [0.1, 0.15) is 12.0 Å². The molecule has 2 unspecified atom stereocenters. The lowest BCUT2D eigenvalue weighted by atomic mass is 10.1. The average molecular weight is 187 g/mol. The summed E-state index contributed by atoms with van der Waals surface area (Å²) >= 11 is 0. The predicted octanol–water partition coefficient (Wildman–Crippen LogP) is 0.548. The van der Waals surface area contributed by atoms with Crippen LogP contribution in [0.1, 0.15) is 13.8 Å². The standard InChI is InChI=1S/C8H13NO4/c1-5(6(2)10)7-9(8(11)12)3-4-13-7/h5,7H,3-4H2,1-2H3,(H,11,12). The van der Waals surface area contributed by atoms with Gasteiger partial charge in [0.05, 0.1) is 19.1 Å². The van der Waals surface area contributed by atoms with Crippen LogP contribution in [0.4, 0.5) is 4.79 Å². The summed E-state index contributed by atoms with van der Waals surface area (Å²) < 4.78 is 5.17. The Morgan fingerprint density at radius 1 is 1.62 bits per heavy atom. The number of carboxylic acid groups (broad SMARTS) is 1. The fourth-order valence-corrected chi connectivity index (χ4v) is 1.31. The number of hydrogen-bond acceptors (Lipinski definition) is 3. The van der Waals surface area contributed by atoms with Crippen molar-refractivity contribution < 1.29 is 19.4 Å². The zero-order valence-corrected chi connectivity index (χ0v) is 7.69. The molecule has 0 aliphatic carbocycles. The molecule has 1 rings (SSSR count). The van der Waals surface area contributed by atoms with Crippen molar-refractivity contribution in [3.63, 3.8) is 0 Å². The number of ketones is 1. The van der Waals surface area contributed by atoms with Gasteiger partial charge in [-0.25, -0.2) is 4.79 Å². The van der Waals surface area contributed by atoms with E-state index >= 15 is 0 Å². The maximum Gasteiger partial charge on any atom is 0.409 e. The van der Waals surface area contributed by atoms with E-state index in [2.05, 4.69) is 0 Å². The van der Waals surface area contributed by atoms with Gasteiger partial charge in [0.2, 0.25) is 0 Å². The van der Waals surface area contributed by atoms with Gasteiger partial charge in [-0.3, -0.25) is 9.69 Å². The molecule has 13 heavy (non-hydrogen) atoms. The van der Waals surface area contributed by atoms with Crippen LogP contribution in [-0.2, 0) is 9.53 Å². The summed E-state index contributed by atoms with van der Waals surface area (Å²) in [7, 11) is 0. The Morgan fingerprint density at radius 2 is 2.23 bits per heavy atom. The maximum absolute atomic E-state index is 11.0. The Labute approximate surface area is 76.3 Å². The van der Waals surface area contributed by atoms with E-state index in [9.17, 15) is 9.59 Å². The monoisotopic (exact) mass is 187 g/mol.